The van der Waals surface area contributed by atoms with E-state index in [0.717, 1.165) is 97.0 Å². The van der Waals surface area contributed by atoms with Gasteiger partial charge in [-0.1, -0.05) is 171 Å². The number of phosphoric ester groups is 1. The highest BCUT2D eigenvalue weighted by Gasteiger charge is 2.24. The normalized spacial score (nSPS) is 13.9. The van der Waals surface area contributed by atoms with Crippen molar-refractivity contribution >= 4 is 19.8 Å². The minimum atomic E-state index is -4.27. The van der Waals surface area contributed by atoms with Crippen LogP contribution in [0.15, 0.2) is 60.8 Å². The molecule has 0 spiro atoms. The van der Waals surface area contributed by atoms with Gasteiger partial charge in [-0.2, -0.15) is 0 Å². The summed E-state index contributed by atoms with van der Waals surface area (Å²) in [7, 11) is -3.21. The van der Waals surface area contributed by atoms with Gasteiger partial charge in [-0.15, -0.1) is 0 Å². The molecule has 0 aliphatic rings. The van der Waals surface area contributed by atoms with E-state index in [1.54, 1.807) is 0 Å². The smallest absolute Gasteiger partial charge is 0.462 e. The summed E-state index contributed by atoms with van der Waals surface area (Å²) in [5.74, 6) is -0.819. The summed E-state index contributed by atoms with van der Waals surface area (Å²) in [6, 6.07) is 0. The summed E-state index contributed by atoms with van der Waals surface area (Å²) in [5, 5.41) is 0. The van der Waals surface area contributed by atoms with Gasteiger partial charge in [0, 0.05) is 20.0 Å². The van der Waals surface area contributed by atoms with Gasteiger partial charge in [0.2, 0.25) is 0 Å². The minimum absolute atomic E-state index is 0.232. The molecule has 0 fully saturated rings. The van der Waals surface area contributed by atoms with Crippen molar-refractivity contribution in [2.24, 2.45) is 0 Å². The standard InChI is InChI=1S/C47H83O8P/c1-4-6-8-10-12-14-16-18-20-21-22-23-24-25-26-27-28-30-32-34-36-38-40-42-47(49)55-45(44-54-56(50,51)52-3)43-53-46(48)41-39-37-35-33-31-29-19-17-15-13-11-9-7-5-2/h6,8,12,14,17-20,22-23,45H,4-5,7,9-11,13,15-16,21,24-44H2,1-3H3,(H,50,51)/b8-6-,14-12-,19-17-,20-18-,23-22-. The largest absolute Gasteiger partial charge is 0.472 e. The second-order valence-electron chi connectivity index (χ2n) is 14.8. The molecule has 0 aromatic carbocycles. The monoisotopic (exact) mass is 807 g/mol. The van der Waals surface area contributed by atoms with Crippen LogP contribution in [0.25, 0.3) is 0 Å². The summed E-state index contributed by atoms with van der Waals surface area (Å²) >= 11 is 0. The lowest BCUT2D eigenvalue weighted by atomic mass is 10.0. The molecule has 0 bridgehead atoms. The molecule has 9 heteroatoms. The predicted molar refractivity (Wildman–Crippen MR) is 235 cm³/mol. The zero-order valence-corrected chi connectivity index (χ0v) is 36.9. The second kappa shape index (κ2) is 42.4. The lowest BCUT2D eigenvalue weighted by molar-refractivity contribution is -0.161. The molecule has 0 aromatic heterocycles. The van der Waals surface area contributed by atoms with E-state index in [1.807, 2.05) is 0 Å². The fourth-order valence-corrected chi connectivity index (χ4v) is 6.52. The third-order valence-corrected chi connectivity index (χ3v) is 10.4. The fourth-order valence-electron chi connectivity index (χ4n) is 6.06. The van der Waals surface area contributed by atoms with Crippen molar-refractivity contribution in [3.05, 3.63) is 60.8 Å². The topological polar surface area (TPSA) is 108 Å². The van der Waals surface area contributed by atoms with Gasteiger partial charge in [-0.3, -0.25) is 18.6 Å². The quantitative estimate of drug-likeness (QED) is 0.0282. The highest BCUT2D eigenvalue weighted by Crippen LogP contribution is 2.42. The van der Waals surface area contributed by atoms with Crippen LogP contribution in [0.3, 0.4) is 0 Å². The van der Waals surface area contributed by atoms with Gasteiger partial charge in [-0.25, -0.2) is 4.57 Å². The molecule has 8 nitrogen and oxygen atoms in total. The van der Waals surface area contributed by atoms with E-state index in [4.69, 9.17) is 14.0 Å². The number of hydrogen-bond donors (Lipinski definition) is 1. The Bertz CT molecular complexity index is 1100. The third-order valence-electron chi connectivity index (χ3n) is 9.50. The van der Waals surface area contributed by atoms with Crippen LogP contribution in [0.2, 0.25) is 0 Å². The van der Waals surface area contributed by atoms with Crippen LogP contribution in [-0.2, 0) is 32.7 Å². The van der Waals surface area contributed by atoms with Crippen LogP contribution in [0.5, 0.6) is 0 Å². The first kappa shape index (κ1) is 53.8. The number of hydrogen-bond acceptors (Lipinski definition) is 7. The zero-order valence-electron chi connectivity index (χ0n) is 36.0. The first-order valence-electron chi connectivity index (χ1n) is 22.5. The Morgan fingerprint density at radius 2 is 0.911 bits per heavy atom. The number of carbonyl (C=O) groups is 2. The zero-order chi connectivity index (χ0) is 41.1. The van der Waals surface area contributed by atoms with Crippen LogP contribution >= 0.6 is 7.82 Å². The van der Waals surface area contributed by atoms with Crippen molar-refractivity contribution in [3.8, 4) is 0 Å². The van der Waals surface area contributed by atoms with Gasteiger partial charge in [0.25, 0.3) is 0 Å². The second-order valence-corrected chi connectivity index (χ2v) is 16.4. The molecule has 0 aliphatic heterocycles. The van der Waals surface area contributed by atoms with Crippen molar-refractivity contribution in [1.82, 2.24) is 0 Å². The van der Waals surface area contributed by atoms with Crippen LogP contribution < -0.4 is 0 Å². The number of carbonyl (C=O) groups excluding carboxylic acids is 2. The Kier molecular flexibility index (Phi) is 40.7. The molecule has 0 saturated heterocycles. The third kappa shape index (κ3) is 41.4. The molecular formula is C47H83O8P. The molecule has 0 heterocycles. The van der Waals surface area contributed by atoms with Crippen molar-refractivity contribution in [1.29, 1.82) is 0 Å². The van der Waals surface area contributed by atoms with Crippen molar-refractivity contribution in [2.75, 3.05) is 20.3 Å². The number of rotatable bonds is 41. The summed E-state index contributed by atoms with van der Waals surface area (Å²) in [5.41, 5.74) is 0. The van der Waals surface area contributed by atoms with E-state index >= 15 is 0 Å². The summed E-state index contributed by atoms with van der Waals surface area (Å²) < 4.78 is 32.0. The number of unbranched alkanes of at least 4 members (excludes halogenated alkanes) is 20. The molecule has 0 radical (unpaired) electrons. The molecule has 2 atom stereocenters. The average Bonchev–Trinajstić information content (AvgIpc) is 3.19. The first-order chi connectivity index (χ1) is 27.3. The molecule has 56 heavy (non-hydrogen) atoms. The number of phosphoric acid groups is 1. The maximum absolute atomic E-state index is 12.5. The number of ether oxygens (including phenoxy) is 2. The predicted octanol–water partition coefficient (Wildman–Crippen LogP) is 14.3. The van der Waals surface area contributed by atoms with E-state index in [0.29, 0.717) is 6.42 Å². The number of esters is 2. The van der Waals surface area contributed by atoms with E-state index in [9.17, 15) is 19.0 Å². The average molecular weight is 807 g/mol. The highest BCUT2D eigenvalue weighted by molar-refractivity contribution is 7.47. The number of allylic oxidation sites excluding steroid dienone is 10. The van der Waals surface area contributed by atoms with E-state index in [1.165, 1.54) is 77.0 Å². The van der Waals surface area contributed by atoms with E-state index in [2.05, 4.69) is 79.1 Å². The Labute approximate surface area is 343 Å². The molecular weight excluding hydrogens is 723 g/mol. The van der Waals surface area contributed by atoms with Gasteiger partial charge < -0.3 is 14.4 Å². The molecule has 0 aromatic rings. The van der Waals surface area contributed by atoms with Crippen molar-refractivity contribution in [3.63, 3.8) is 0 Å². The van der Waals surface area contributed by atoms with Gasteiger partial charge in [-0.05, 0) is 77.0 Å². The maximum Gasteiger partial charge on any atom is 0.472 e. The van der Waals surface area contributed by atoms with Crippen LogP contribution in [0.4, 0.5) is 0 Å². The summed E-state index contributed by atoms with van der Waals surface area (Å²) in [4.78, 5) is 34.5. The van der Waals surface area contributed by atoms with Crippen LogP contribution in [0.1, 0.15) is 200 Å². The molecule has 0 rings (SSSR count). The van der Waals surface area contributed by atoms with Crippen molar-refractivity contribution in [2.45, 2.75) is 206 Å². The summed E-state index contributed by atoms with van der Waals surface area (Å²) in [6.07, 6.45) is 52.7. The maximum atomic E-state index is 12.5. The van der Waals surface area contributed by atoms with Gasteiger partial charge >= 0.3 is 19.8 Å². The Morgan fingerprint density at radius 1 is 0.518 bits per heavy atom. The molecule has 0 amide bonds. The highest BCUT2D eigenvalue weighted by atomic mass is 31.2. The Balaban J connectivity index is 3.97. The van der Waals surface area contributed by atoms with E-state index < -0.39 is 26.5 Å². The van der Waals surface area contributed by atoms with Gasteiger partial charge in [0.05, 0.1) is 6.61 Å². The summed E-state index contributed by atoms with van der Waals surface area (Å²) in [6.45, 7) is 3.76. The Morgan fingerprint density at radius 3 is 1.38 bits per heavy atom. The van der Waals surface area contributed by atoms with Crippen LogP contribution in [0, 0.1) is 0 Å². The molecule has 1 N–H and O–H groups in total. The van der Waals surface area contributed by atoms with Gasteiger partial charge in [0.15, 0.2) is 6.10 Å². The van der Waals surface area contributed by atoms with E-state index in [-0.39, 0.29) is 25.4 Å². The molecule has 0 saturated carbocycles. The lowest BCUT2D eigenvalue weighted by Crippen LogP contribution is -2.29. The van der Waals surface area contributed by atoms with Crippen molar-refractivity contribution < 1.29 is 37.6 Å². The minimum Gasteiger partial charge on any atom is -0.462 e. The van der Waals surface area contributed by atoms with Gasteiger partial charge in [0.1, 0.15) is 6.61 Å². The lowest BCUT2D eigenvalue weighted by Gasteiger charge is -2.19. The SMILES string of the molecule is CC/C=C\C/C=C\C/C=C\C/C=C\CCCCCCCCCCCCC(=O)OC(COC(=O)CCCCCCC/C=C\CCCCCCC)COP(=O)(O)OC. The molecule has 2 unspecified atom stereocenters. The molecule has 324 valence electrons. The Hall–Kier alpha value is -2.25. The molecule has 0 aliphatic carbocycles. The van der Waals surface area contributed by atoms with Crippen LogP contribution in [-0.4, -0.2) is 43.3 Å². The first-order valence-corrected chi connectivity index (χ1v) is 24.0. The fraction of sp³-hybridized carbons (Fsp3) is 0.745.